The Labute approximate surface area is 103 Å². The molecule has 1 amide bonds. The average Bonchev–Trinajstić information content (AvgIpc) is 2.75. The van der Waals surface area contributed by atoms with Gasteiger partial charge in [-0.1, -0.05) is 19.8 Å². The van der Waals surface area contributed by atoms with Gasteiger partial charge in [0.25, 0.3) is 0 Å². The molecular weight excluding hydrogens is 218 g/mol. The number of aliphatic hydroxyl groups is 1. The Hall–Kier alpha value is -0.610. The molecule has 1 aliphatic carbocycles. The maximum Gasteiger partial charge on any atom is 0.226 e. The number of amides is 1. The van der Waals surface area contributed by atoms with Crippen molar-refractivity contribution in [2.75, 3.05) is 19.8 Å². The van der Waals surface area contributed by atoms with Gasteiger partial charge in [-0.15, -0.1) is 0 Å². The third-order valence-electron chi connectivity index (χ3n) is 4.26. The van der Waals surface area contributed by atoms with Crippen molar-refractivity contribution in [1.82, 2.24) is 5.32 Å². The number of carbonyl (C=O) groups is 1. The molecule has 17 heavy (non-hydrogen) atoms. The van der Waals surface area contributed by atoms with Gasteiger partial charge >= 0.3 is 0 Å². The predicted molar refractivity (Wildman–Crippen MR) is 64.6 cm³/mol. The normalized spacial score (nSPS) is 26.7. The molecule has 0 unspecified atom stereocenters. The Morgan fingerprint density at radius 1 is 1.24 bits per heavy atom. The zero-order valence-corrected chi connectivity index (χ0v) is 10.6. The first-order valence-corrected chi connectivity index (χ1v) is 6.63. The fourth-order valence-corrected chi connectivity index (χ4v) is 2.77. The Morgan fingerprint density at radius 2 is 1.82 bits per heavy atom. The number of nitrogens with one attached hydrogen (secondary N) is 1. The van der Waals surface area contributed by atoms with Gasteiger partial charge in [0.2, 0.25) is 5.91 Å². The molecule has 1 saturated heterocycles. The van der Waals surface area contributed by atoms with Crippen LogP contribution < -0.4 is 5.32 Å². The number of hydrogen-bond acceptors (Lipinski definition) is 3. The lowest BCUT2D eigenvalue weighted by Gasteiger charge is -2.33. The van der Waals surface area contributed by atoms with E-state index in [9.17, 15) is 9.90 Å². The highest BCUT2D eigenvalue weighted by molar-refractivity contribution is 5.82. The lowest BCUT2D eigenvalue weighted by molar-refractivity contribution is -0.132. The molecule has 0 aromatic heterocycles. The van der Waals surface area contributed by atoms with Gasteiger partial charge in [-0.25, -0.2) is 0 Å². The summed E-state index contributed by atoms with van der Waals surface area (Å²) >= 11 is 0. The predicted octanol–water partition coefficient (Wildman–Crippen LogP) is 1.22. The molecule has 98 valence electrons. The first kappa shape index (κ1) is 12.8. The number of carbonyl (C=O) groups excluding carboxylic acids is 1. The van der Waals surface area contributed by atoms with Gasteiger partial charge in [-0.2, -0.15) is 0 Å². The second-order valence-electron chi connectivity index (χ2n) is 5.79. The maximum absolute atomic E-state index is 12.1. The zero-order valence-electron chi connectivity index (χ0n) is 10.6. The summed E-state index contributed by atoms with van der Waals surface area (Å²) in [5.41, 5.74) is -0.968. The largest absolute Gasteiger partial charge is 0.388 e. The van der Waals surface area contributed by atoms with Crippen molar-refractivity contribution >= 4 is 5.91 Å². The monoisotopic (exact) mass is 241 g/mol. The van der Waals surface area contributed by atoms with E-state index in [4.69, 9.17) is 4.74 Å². The lowest BCUT2D eigenvalue weighted by Crippen LogP contribution is -2.49. The van der Waals surface area contributed by atoms with Crippen molar-refractivity contribution in [2.24, 2.45) is 5.41 Å². The minimum absolute atomic E-state index is 0.106. The quantitative estimate of drug-likeness (QED) is 0.781. The molecule has 2 fully saturated rings. The summed E-state index contributed by atoms with van der Waals surface area (Å²) in [6.07, 6.45) is 5.46. The minimum Gasteiger partial charge on any atom is -0.388 e. The molecule has 0 spiro atoms. The van der Waals surface area contributed by atoms with Gasteiger partial charge in [0.1, 0.15) is 0 Å². The molecule has 4 heteroatoms. The van der Waals surface area contributed by atoms with Crippen LogP contribution in [0.25, 0.3) is 0 Å². The van der Waals surface area contributed by atoms with E-state index in [0.29, 0.717) is 32.6 Å². The van der Waals surface area contributed by atoms with Gasteiger partial charge in [0.15, 0.2) is 0 Å². The molecule has 0 aromatic rings. The fourth-order valence-electron chi connectivity index (χ4n) is 2.77. The molecule has 0 aromatic carbocycles. The summed E-state index contributed by atoms with van der Waals surface area (Å²) in [5, 5.41) is 13.2. The van der Waals surface area contributed by atoms with Crippen LogP contribution in [0, 0.1) is 5.41 Å². The van der Waals surface area contributed by atoms with Crippen LogP contribution in [0.3, 0.4) is 0 Å². The molecule has 0 atom stereocenters. The highest BCUT2D eigenvalue weighted by Gasteiger charge is 2.38. The van der Waals surface area contributed by atoms with Gasteiger partial charge in [0.05, 0.1) is 5.60 Å². The molecule has 2 rings (SSSR count). The summed E-state index contributed by atoms with van der Waals surface area (Å²) < 4.78 is 5.22. The highest BCUT2D eigenvalue weighted by Crippen LogP contribution is 2.37. The third kappa shape index (κ3) is 2.99. The Balaban J connectivity index is 1.83. The van der Waals surface area contributed by atoms with E-state index in [-0.39, 0.29) is 11.3 Å². The average molecular weight is 241 g/mol. The Kier molecular flexibility index (Phi) is 3.73. The van der Waals surface area contributed by atoms with E-state index in [1.54, 1.807) is 0 Å². The Bertz CT molecular complexity index is 278. The summed E-state index contributed by atoms with van der Waals surface area (Å²) in [5.74, 6) is 0.106. The summed E-state index contributed by atoms with van der Waals surface area (Å²) in [4.78, 5) is 12.1. The van der Waals surface area contributed by atoms with Crippen molar-refractivity contribution in [3.63, 3.8) is 0 Å². The van der Waals surface area contributed by atoms with Crippen molar-refractivity contribution in [1.29, 1.82) is 0 Å². The topological polar surface area (TPSA) is 58.6 Å². The van der Waals surface area contributed by atoms with Gasteiger partial charge in [-0.3, -0.25) is 4.79 Å². The molecule has 4 nitrogen and oxygen atoms in total. The van der Waals surface area contributed by atoms with Crippen molar-refractivity contribution in [2.45, 2.75) is 51.0 Å². The minimum atomic E-state index is -0.761. The van der Waals surface area contributed by atoms with Crippen LogP contribution in [0.4, 0.5) is 0 Å². The second-order valence-corrected chi connectivity index (χ2v) is 5.79. The molecular formula is C13H23NO3. The first-order chi connectivity index (χ1) is 8.04. The van der Waals surface area contributed by atoms with Crippen LogP contribution in [-0.2, 0) is 9.53 Å². The van der Waals surface area contributed by atoms with Crippen LogP contribution in [-0.4, -0.2) is 36.4 Å². The maximum atomic E-state index is 12.1. The molecule has 2 aliphatic rings. The van der Waals surface area contributed by atoms with Crippen LogP contribution in [0.1, 0.15) is 45.4 Å². The second kappa shape index (κ2) is 4.94. The van der Waals surface area contributed by atoms with Crippen LogP contribution >= 0.6 is 0 Å². The van der Waals surface area contributed by atoms with Crippen molar-refractivity contribution in [3.05, 3.63) is 0 Å². The molecule has 2 N–H and O–H groups in total. The Morgan fingerprint density at radius 3 is 2.41 bits per heavy atom. The van der Waals surface area contributed by atoms with E-state index in [2.05, 4.69) is 5.32 Å². The third-order valence-corrected chi connectivity index (χ3v) is 4.26. The SMILES string of the molecule is CC1(C(=O)NCC2(O)CCOCC2)CCCC1. The number of ether oxygens (including phenoxy) is 1. The summed E-state index contributed by atoms with van der Waals surface area (Å²) in [7, 11) is 0. The van der Waals surface area contributed by atoms with Crippen molar-refractivity contribution in [3.8, 4) is 0 Å². The molecule has 0 bridgehead atoms. The van der Waals surface area contributed by atoms with E-state index < -0.39 is 5.60 Å². The van der Waals surface area contributed by atoms with E-state index >= 15 is 0 Å². The van der Waals surface area contributed by atoms with E-state index in [1.807, 2.05) is 6.92 Å². The smallest absolute Gasteiger partial charge is 0.226 e. The van der Waals surface area contributed by atoms with Crippen molar-refractivity contribution < 1.29 is 14.6 Å². The summed E-state index contributed by atoms with van der Waals surface area (Å²) in [6, 6.07) is 0. The van der Waals surface area contributed by atoms with Gasteiger partial charge < -0.3 is 15.2 Å². The lowest BCUT2D eigenvalue weighted by atomic mass is 9.87. The first-order valence-electron chi connectivity index (χ1n) is 6.63. The van der Waals surface area contributed by atoms with Crippen LogP contribution in [0.2, 0.25) is 0 Å². The van der Waals surface area contributed by atoms with E-state index in [1.165, 1.54) is 0 Å². The fraction of sp³-hybridized carbons (Fsp3) is 0.923. The number of hydrogen-bond donors (Lipinski definition) is 2. The molecule has 0 radical (unpaired) electrons. The zero-order chi connectivity index (χ0) is 12.4. The highest BCUT2D eigenvalue weighted by atomic mass is 16.5. The van der Waals surface area contributed by atoms with Gasteiger partial charge in [-0.05, 0) is 12.8 Å². The van der Waals surface area contributed by atoms with Gasteiger partial charge in [0, 0.05) is 38.0 Å². The van der Waals surface area contributed by atoms with E-state index in [0.717, 1.165) is 25.7 Å². The molecule has 1 aliphatic heterocycles. The standard InChI is InChI=1S/C13H23NO3/c1-12(4-2-3-5-12)11(15)14-10-13(16)6-8-17-9-7-13/h16H,2-10H2,1H3,(H,14,15). The van der Waals surface area contributed by atoms with Crippen LogP contribution in [0.15, 0.2) is 0 Å². The summed E-state index contributed by atoms with van der Waals surface area (Å²) in [6.45, 7) is 3.57. The molecule has 1 heterocycles. The number of rotatable bonds is 3. The molecule has 1 saturated carbocycles. The van der Waals surface area contributed by atoms with Crippen LogP contribution in [0.5, 0.6) is 0 Å².